The van der Waals surface area contributed by atoms with Crippen LogP contribution in [0.3, 0.4) is 0 Å². The summed E-state index contributed by atoms with van der Waals surface area (Å²) in [5, 5.41) is 9.77. The van der Waals surface area contributed by atoms with Gasteiger partial charge in [-0.1, -0.05) is 18.2 Å². The first kappa shape index (κ1) is 14.5. The van der Waals surface area contributed by atoms with Gasteiger partial charge in [-0.05, 0) is 19.9 Å². The lowest BCUT2D eigenvalue weighted by molar-refractivity contribution is -0.127. The third-order valence-corrected chi connectivity index (χ3v) is 2.93. The van der Waals surface area contributed by atoms with Gasteiger partial charge in [-0.15, -0.1) is 0 Å². The number of aliphatic hydroxyl groups excluding tert-OH is 1. The molecule has 100 valence electrons. The van der Waals surface area contributed by atoms with Crippen molar-refractivity contribution in [3.8, 4) is 0 Å². The number of nitrogens with zero attached hydrogens (tertiary/aromatic N) is 2. The van der Waals surface area contributed by atoms with Gasteiger partial charge in [0.25, 0.3) is 0 Å². The van der Waals surface area contributed by atoms with Crippen molar-refractivity contribution in [1.82, 2.24) is 4.90 Å². The fourth-order valence-electron chi connectivity index (χ4n) is 1.80. The van der Waals surface area contributed by atoms with Crippen LogP contribution < -0.4 is 4.90 Å². The van der Waals surface area contributed by atoms with Gasteiger partial charge >= 0.3 is 0 Å². The first-order valence-electron chi connectivity index (χ1n) is 6.19. The van der Waals surface area contributed by atoms with Crippen LogP contribution in [0.25, 0.3) is 0 Å². The molecular weight excluding hydrogens is 228 g/mol. The number of anilines is 1. The predicted octanol–water partition coefficient (Wildman–Crippen LogP) is 1.65. The summed E-state index contributed by atoms with van der Waals surface area (Å²) in [7, 11) is 3.49. The largest absolute Gasteiger partial charge is 0.389 e. The minimum atomic E-state index is -0.537. The maximum absolute atomic E-state index is 11.8. The van der Waals surface area contributed by atoms with Crippen molar-refractivity contribution in [1.29, 1.82) is 0 Å². The molecule has 0 saturated heterocycles. The number of rotatable bonds is 5. The summed E-state index contributed by atoms with van der Waals surface area (Å²) in [6, 6.07) is 7.65. The number of para-hydroxylation sites is 1. The van der Waals surface area contributed by atoms with Crippen LogP contribution in [0.2, 0.25) is 0 Å². The zero-order chi connectivity index (χ0) is 13.7. The van der Waals surface area contributed by atoms with Crippen molar-refractivity contribution < 1.29 is 9.90 Å². The molecule has 1 rings (SSSR count). The summed E-state index contributed by atoms with van der Waals surface area (Å²) >= 11 is 0. The summed E-state index contributed by atoms with van der Waals surface area (Å²) in [5.41, 5.74) is 1.77. The average Bonchev–Trinajstić information content (AvgIpc) is 2.35. The molecule has 0 bridgehead atoms. The van der Waals surface area contributed by atoms with Gasteiger partial charge in [0, 0.05) is 31.9 Å². The summed E-state index contributed by atoms with van der Waals surface area (Å²) in [4.78, 5) is 15.3. The Morgan fingerprint density at radius 3 is 2.44 bits per heavy atom. The Morgan fingerprint density at radius 2 is 1.94 bits per heavy atom. The van der Waals surface area contributed by atoms with E-state index in [-0.39, 0.29) is 5.91 Å². The fourth-order valence-corrected chi connectivity index (χ4v) is 1.80. The van der Waals surface area contributed by atoms with E-state index in [9.17, 15) is 9.90 Å². The highest BCUT2D eigenvalue weighted by Crippen LogP contribution is 2.25. The standard InChI is InChI=1S/C14H22N2O2/c1-5-16(10-14(18)15(3)4)13-9-7-6-8-12(13)11(2)17/h6-9,11,17H,5,10H2,1-4H3/t11-/m0/s1. The third-order valence-electron chi connectivity index (χ3n) is 2.93. The Morgan fingerprint density at radius 1 is 1.33 bits per heavy atom. The van der Waals surface area contributed by atoms with Crippen LogP contribution >= 0.6 is 0 Å². The van der Waals surface area contributed by atoms with E-state index in [2.05, 4.69) is 0 Å². The molecule has 0 heterocycles. The molecule has 1 amide bonds. The van der Waals surface area contributed by atoms with Crippen LogP contribution in [-0.2, 0) is 4.79 Å². The Balaban J connectivity index is 2.98. The summed E-state index contributed by atoms with van der Waals surface area (Å²) < 4.78 is 0. The molecule has 0 aliphatic rings. The number of benzene rings is 1. The topological polar surface area (TPSA) is 43.8 Å². The summed E-state index contributed by atoms with van der Waals surface area (Å²) in [6.07, 6.45) is -0.537. The Labute approximate surface area is 109 Å². The van der Waals surface area contributed by atoms with Crippen LogP contribution in [-0.4, -0.2) is 43.1 Å². The number of likely N-dealkylation sites (N-methyl/N-ethyl adjacent to an activating group) is 2. The molecule has 0 saturated carbocycles. The molecule has 1 aromatic rings. The van der Waals surface area contributed by atoms with Crippen LogP contribution in [0.4, 0.5) is 5.69 Å². The fraction of sp³-hybridized carbons (Fsp3) is 0.500. The monoisotopic (exact) mass is 250 g/mol. The smallest absolute Gasteiger partial charge is 0.241 e. The number of aliphatic hydroxyl groups is 1. The van der Waals surface area contributed by atoms with Gasteiger partial charge in [0.15, 0.2) is 0 Å². The SMILES string of the molecule is CCN(CC(=O)N(C)C)c1ccccc1[C@H](C)O. The normalized spacial score (nSPS) is 12.1. The number of amides is 1. The third kappa shape index (κ3) is 3.47. The molecule has 0 fully saturated rings. The second-order valence-corrected chi connectivity index (χ2v) is 4.54. The molecule has 0 aromatic heterocycles. The second-order valence-electron chi connectivity index (χ2n) is 4.54. The van der Waals surface area contributed by atoms with Gasteiger partial charge in [-0.3, -0.25) is 4.79 Å². The molecule has 0 radical (unpaired) electrons. The van der Waals surface area contributed by atoms with E-state index in [4.69, 9.17) is 0 Å². The van der Waals surface area contributed by atoms with E-state index in [1.165, 1.54) is 0 Å². The van der Waals surface area contributed by atoms with E-state index in [0.717, 1.165) is 17.8 Å². The molecule has 4 nitrogen and oxygen atoms in total. The maximum Gasteiger partial charge on any atom is 0.241 e. The van der Waals surface area contributed by atoms with Gasteiger partial charge in [-0.2, -0.15) is 0 Å². The average molecular weight is 250 g/mol. The van der Waals surface area contributed by atoms with Crippen molar-refractivity contribution in [2.24, 2.45) is 0 Å². The molecule has 0 aliphatic carbocycles. The second kappa shape index (κ2) is 6.40. The highest BCUT2D eigenvalue weighted by Gasteiger charge is 2.16. The van der Waals surface area contributed by atoms with Crippen molar-refractivity contribution in [2.75, 3.05) is 32.1 Å². The number of carbonyl (C=O) groups is 1. The first-order chi connectivity index (χ1) is 8.47. The number of carbonyl (C=O) groups excluding carboxylic acids is 1. The van der Waals surface area contributed by atoms with E-state index in [0.29, 0.717) is 6.54 Å². The zero-order valence-electron chi connectivity index (χ0n) is 11.6. The van der Waals surface area contributed by atoms with Gasteiger partial charge < -0.3 is 14.9 Å². The highest BCUT2D eigenvalue weighted by molar-refractivity contribution is 5.81. The highest BCUT2D eigenvalue weighted by atomic mass is 16.3. The van der Waals surface area contributed by atoms with Crippen molar-refractivity contribution in [2.45, 2.75) is 20.0 Å². The molecule has 0 spiro atoms. The summed E-state index contributed by atoms with van der Waals surface area (Å²) in [6.45, 7) is 4.79. The lowest BCUT2D eigenvalue weighted by Crippen LogP contribution is -2.37. The van der Waals surface area contributed by atoms with Gasteiger partial charge in [-0.25, -0.2) is 0 Å². The Kier molecular flexibility index (Phi) is 5.16. The summed E-state index contributed by atoms with van der Waals surface area (Å²) in [5.74, 6) is 0.0530. The molecular formula is C14H22N2O2. The van der Waals surface area contributed by atoms with E-state index in [1.807, 2.05) is 36.1 Å². The van der Waals surface area contributed by atoms with E-state index < -0.39 is 6.10 Å². The first-order valence-corrected chi connectivity index (χ1v) is 6.19. The van der Waals surface area contributed by atoms with Gasteiger partial charge in [0.2, 0.25) is 5.91 Å². The lowest BCUT2D eigenvalue weighted by atomic mass is 10.1. The molecule has 4 heteroatoms. The molecule has 1 aromatic carbocycles. The Bertz CT molecular complexity index is 403. The minimum absolute atomic E-state index is 0.0530. The number of hydrogen-bond acceptors (Lipinski definition) is 3. The number of hydrogen-bond donors (Lipinski definition) is 1. The predicted molar refractivity (Wildman–Crippen MR) is 73.7 cm³/mol. The van der Waals surface area contributed by atoms with Crippen LogP contribution in [0.5, 0.6) is 0 Å². The molecule has 0 aliphatic heterocycles. The van der Waals surface area contributed by atoms with Crippen molar-refractivity contribution >= 4 is 11.6 Å². The minimum Gasteiger partial charge on any atom is -0.389 e. The lowest BCUT2D eigenvalue weighted by Gasteiger charge is -2.27. The van der Waals surface area contributed by atoms with Crippen LogP contribution in [0.1, 0.15) is 25.5 Å². The molecule has 1 atom stereocenters. The van der Waals surface area contributed by atoms with Gasteiger partial charge in [0.05, 0.1) is 12.6 Å². The quantitative estimate of drug-likeness (QED) is 0.864. The van der Waals surface area contributed by atoms with E-state index in [1.54, 1.807) is 25.9 Å². The van der Waals surface area contributed by atoms with Crippen molar-refractivity contribution in [3.05, 3.63) is 29.8 Å². The maximum atomic E-state index is 11.8. The van der Waals surface area contributed by atoms with Crippen LogP contribution in [0, 0.1) is 0 Å². The molecule has 18 heavy (non-hydrogen) atoms. The Hall–Kier alpha value is -1.55. The molecule has 1 N–H and O–H groups in total. The van der Waals surface area contributed by atoms with Gasteiger partial charge in [0.1, 0.15) is 0 Å². The molecule has 0 unspecified atom stereocenters. The van der Waals surface area contributed by atoms with Crippen LogP contribution in [0.15, 0.2) is 24.3 Å². The van der Waals surface area contributed by atoms with E-state index >= 15 is 0 Å². The van der Waals surface area contributed by atoms with Crippen molar-refractivity contribution in [3.63, 3.8) is 0 Å². The zero-order valence-corrected chi connectivity index (χ0v) is 11.6.